The Kier molecular flexibility index (Phi) is 3.79. The van der Waals surface area contributed by atoms with Crippen LogP contribution in [0.2, 0.25) is 0 Å². The van der Waals surface area contributed by atoms with E-state index in [4.69, 9.17) is 0 Å². The molecule has 0 bridgehead atoms. The fourth-order valence-electron chi connectivity index (χ4n) is 6.59. The average Bonchev–Trinajstić information content (AvgIpc) is 3.62. The third-order valence-electron chi connectivity index (χ3n) is 8.14. The van der Waals surface area contributed by atoms with Crippen molar-refractivity contribution >= 4 is 59.9 Å². The van der Waals surface area contributed by atoms with Crippen LogP contribution >= 0.6 is 0 Å². The highest BCUT2D eigenvalue weighted by Gasteiger charge is 2.21. The van der Waals surface area contributed by atoms with Gasteiger partial charge in [-0.2, -0.15) is 0 Å². The molecule has 0 saturated carbocycles. The van der Waals surface area contributed by atoms with Crippen LogP contribution in [0.15, 0.2) is 128 Å². The SMILES string of the molecule is c1ccc(-n2c3ccc(-c4ccc5c6ccccc6n6c7ccccc7c4c56)cc3c3ccncc32)cc1. The third kappa shape index (κ3) is 2.45. The van der Waals surface area contributed by atoms with E-state index in [1.807, 2.05) is 12.4 Å². The Morgan fingerprint density at radius 1 is 0.500 bits per heavy atom. The number of para-hydroxylation sites is 3. The van der Waals surface area contributed by atoms with E-state index in [2.05, 4.69) is 129 Å². The molecule has 0 atom stereocenters. The molecule has 4 aromatic heterocycles. The summed E-state index contributed by atoms with van der Waals surface area (Å²) >= 11 is 0. The summed E-state index contributed by atoms with van der Waals surface area (Å²) in [5.74, 6) is 0. The lowest BCUT2D eigenvalue weighted by molar-refractivity contribution is 1.17. The van der Waals surface area contributed by atoms with Crippen LogP contribution < -0.4 is 0 Å². The van der Waals surface area contributed by atoms with Crippen molar-refractivity contribution in [2.24, 2.45) is 0 Å². The highest BCUT2D eigenvalue weighted by Crippen LogP contribution is 2.44. The lowest BCUT2D eigenvalue weighted by atomic mass is 9.96. The normalized spacial score (nSPS) is 12.2. The smallest absolute Gasteiger partial charge is 0.0724 e. The quantitative estimate of drug-likeness (QED) is 0.240. The van der Waals surface area contributed by atoms with Crippen molar-refractivity contribution in [3.8, 4) is 16.8 Å². The molecule has 4 heterocycles. The number of fused-ring (bicyclic) bond motifs is 9. The Bertz CT molecular complexity index is 2340. The first-order valence-corrected chi connectivity index (χ1v) is 13.0. The second-order valence-corrected chi connectivity index (χ2v) is 10.0. The molecule has 176 valence electrons. The van der Waals surface area contributed by atoms with Gasteiger partial charge < -0.3 is 8.97 Å². The molecule has 9 aromatic rings. The molecular formula is C35H21N3. The second kappa shape index (κ2) is 7.21. The molecule has 5 aromatic carbocycles. The summed E-state index contributed by atoms with van der Waals surface area (Å²) in [6.45, 7) is 0. The Balaban J connectivity index is 1.41. The van der Waals surface area contributed by atoms with Gasteiger partial charge in [-0.1, -0.05) is 72.8 Å². The first-order chi connectivity index (χ1) is 18.9. The molecule has 0 saturated heterocycles. The van der Waals surface area contributed by atoms with Crippen LogP contribution in [0.5, 0.6) is 0 Å². The van der Waals surface area contributed by atoms with Gasteiger partial charge in [-0.15, -0.1) is 0 Å². The standard InChI is InChI=1S/C35H21N3/c1-2-8-23(9-3-1)37-32-17-14-22(20-29(32)26-18-19-36-21-33(26)37)24-15-16-27-25-10-4-6-12-30(25)38-31-13-7-5-11-28(31)34(24)35(27)38/h1-21H. The zero-order valence-corrected chi connectivity index (χ0v) is 20.5. The van der Waals surface area contributed by atoms with E-state index in [1.54, 1.807) is 0 Å². The summed E-state index contributed by atoms with van der Waals surface area (Å²) in [5, 5.41) is 7.68. The minimum Gasteiger partial charge on any atom is -0.308 e. The maximum atomic E-state index is 4.47. The zero-order valence-electron chi connectivity index (χ0n) is 20.5. The van der Waals surface area contributed by atoms with Crippen LogP contribution in [-0.4, -0.2) is 14.0 Å². The topological polar surface area (TPSA) is 22.2 Å². The van der Waals surface area contributed by atoms with Crippen molar-refractivity contribution in [2.75, 3.05) is 0 Å². The Hall–Kier alpha value is -5.15. The van der Waals surface area contributed by atoms with Gasteiger partial charge in [0.05, 0.1) is 33.8 Å². The molecule has 0 unspecified atom stereocenters. The van der Waals surface area contributed by atoms with Crippen LogP contribution in [-0.2, 0) is 0 Å². The predicted molar refractivity (Wildman–Crippen MR) is 159 cm³/mol. The van der Waals surface area contributed by atoms with Crippen molar-refractivity contribution in [3.63, 3.8) is 0 Å². The molecule has 0 radical (unpaired) electrons. The van der Waals surface area contributed by atoms with Crippen molar-refractivity contribution < 1.29 is 0 Å². The molecule has 0 fully saturated rings. The van der Waals surface area contributed by atoms with Crippen LogP contribution in [0.25, 0.3) is 76.7 Å². The number of aromatic nitrogens is 3. The van der Waals surface area contributed by atoms with E-state index in [0.717, 1.165) is 11.2 Å². The number of hydrogen-bond acceptors (Lipinski definition) is 1. The zero-order chi connectivity index (χ0) is 24.8. The van der Waals surface area contributed by atoms with Crippen molar-refractivity contribution in [1.29, 1.82) is 0 Å². The van der Waals surface area contributed by atoms with Gasteiger partial charge in [0, 0.05) is 44.2 Å². The van der Waals surface area contributed by atoms with Gasteiger partial charge in [0.25, 0.3) is 0 Å². The number of benzene rings is 5. The molecule has 0 aliphatic heterocycles. The van der Waals surface area contributed by atoms with Crippen LogP contribution in [0, 0.1) is 0 Å². The Labute approximate surface area is 218 Å². The van der Waals surface area contributed by atoms with E-state index in [0.29, 0.717) is 0 Å². The lowest BCUT2D eigenvalue weighted by Crippen LogP contribution is -1.93. The molecule has 38 heavy (non-hydrogen) atoms. The average molecular weight is 484 g/mol. The summed E-state index contributed by atoms with van der Waals surface area (Å²) in [4.78, 5) is 4.47. The predicted octanol–water partition coefficient (Wildman–Crippen LogP) is 9.00. The minimum atomic E-state index is 1.12. The maximum absolute atomic E-state index is 4.47. The van der Waals surface area contributed by atoms with Gasteiger partial charge >= 0.3 is 0 Å². The summed E-state index contributed by atoms with van der Waals surface area (Å²) in [7, 11) is 0. The van der Waals surface area contributed by atoms with Gasteiger partial charge in [0.2, 0.25) is 0 Å². The monoisotopic (exact) mass is 483 g/mol. The highest BCUT2D eigenvalue weighted by atomic mass is 15.0. The molecule has 3 nitrogen and oxygen atoms in total. The van der Waals surface area contributed by atoms with Gasteiger partial charge in [0.1, 0.15) is 0 Å². The van der Waals surface area contributed by atoms with E-state index in [1.165, 1.54) is 65.5 Å². The molecule has 0 N–H and O–H groups in total. The largest absolute Gasteiger partial charge is 0.308 e. The highest BCUT2D eigenvalue weighted by molar-refractivity contribution is 6.27. The molecule has 0 amide bonds. The van der Waals surface area contributed by atoms with Crippen molar-refractivity contribution in [1.82, 2.24) is 14.0 Å². The third-order valence-corrected chi connectivity index (χ3v) is 8.14. The summed E-state index contributed by atoms with van der Waals surface area (Å²) < 4.78 is 4.77. The van der Waals surface area contributed by atoms with Crippen molar-refractivity contribution in [3.05, 3.63) is 128 Å². The lowest BCUT2D eigenvalue weighted by Gasteiger charge is -2.09. The molecule has 3 heteroatoms. The molecule has 0 aliphatic carbocycles. The van der Waals surface area contributed by atoms with Crippen molar-refractivity contribution in [2.45, 2.75) is 0 Å². The van der Waals surface area contributed by atoms with E-state index < -0.39 is 0 Å². The van der Waals surface area contributed by atoms with Gasteiger partial charge in [-0.05, 0) is 53.6 Å². The van der Waals surface area contributed by atoms with Gasteiger partial charge in [0.15, 0.2) is 0 Å². The first kappa shape index (κ1) is 20.0. The van der Waals surface area contributed by atoms with Gasteiger partial charge in [-0.3, -0.25) is 4.98 Å². The second-order valence-electron chi connectivity index (χ2n) is 10.0. The maximum Gasteiger partial charge on any atom is 0.0724 e. The molecule has 9 rings (SSSR count). The first-order valence-electron chi connectivity index (χ1n) is 13.0. The molecule has 0 spiro atoms. The minimum absolute atomic E-state index is 1.12. The van der Waals surface area contributed by atoms with Crippen LogP contribution in [0.4, 0.5) is 0 Å². The molecule has 0 aliphatic rings. The van der Waals surface area contributed by atoms with Crippen LogP contribution in [0.1, 0.15) is 0 Å². The van der Waals surface area contributed by atoms with Crippen LogP contribution in [0.3, 0.4) is 0 Å². The summed E-state index contributed by atoms with van der Waals surface area (Å²) in [5.41, 5.74) is 9.78. The molecular weight excluding hydrogens is 462 g/mol. The summed E-state index contributed by atoms with van der Waals surface area (Å²) in [6.07, 6.45) is 3.87. The van der Waals surface area contributed by atoms with E-state index in [9.17, 15) is 0 Å². The number of pyridine rings is 1. The fourth-order valence-corrected chi connectivity index (χ4v) is 6.59. The Morgan fingerprint density at radius 3 is 2.11 bits per heavy atom. The van der Waals surface area contributed by atoms with E-state index in [-0.39, 0.29) is 0 Å². The number of hydrogen-bond donors (Lipinski definition) is 0. The van der Waals surface area contributed by atoms with E-state index >= 15 is 0 Å². The summed E-state index contributed by atoms with van der Waals surface area (Å²) in [6, 6.07) is 41.8. The number of rotatable bonds is 2. The number of nitrogens with zero attached hydrogens (tertiary/aromatic N) is 3. The van der Waals surface area contributed by atoms with Gasteiger partial charge in [-0.25, -0.2) is 0 Å². The Morgan fingerprint density at radius 2 is 1.24 bits per heavy atom. The fraction of sp³-hybridized carbons (Fsp3) is 0.